The zero-order valence-electron chi connectivity index (χ0n) is 18.0. The van der Waals surface area contributed by atoms with E-state index < -0.39 is 5.91 Å². The molecule has 0 atom stereocenters. The highest BCUT2D eigenvalue weighted by Gasteiger charge is 2.17. The predicted molar refractivity (Wildman–Crippen MR) is 126 cm³/mol. The molecule has 1 aromatic carbocycles. The topological polar surface area (TPSA) is 79.5 Å². The average Bonchev–Trinajstić information content (AvgIpc) is 2.70. The Morgan fingerprint density at radius 3 is 2.47 bits per heavy atom. The summed E-state index contributed by atoms with van der Waals surface area (Å²) in [5.74, 6) is 0.684. The Morgan fingerprint density at radius 2 is 1.83 bits per heavy atom. The maximum absolute atomic E-state index is 12.0. The van der Waals surface area contributed by atoms with Crippen LogP contribution in [0.2, 0.25) is 0 Å². The summed E-state index contributed by atoms with van der Waals surface area (Å²) in [6.45, 7) is 6.21. The van der Waals surface area contributed by atoms with Crippen molar-refractivity contribution < 1.29 is 14.3 Å². The predicted octanol–water partition coefficient (Wildman–Crippen LogP) is 4.51. The standard InChI is InChI=1S/C22H32BrN3O3S/c1-22(2,3)16-10-11-18(17(23)13-16)29-14-20(28)25-26-21(30)24-19(27)12-9-15-7-5-4-6-8-15/h10-11,13,15H,4-9,12,14H2,1-3H3,(H,25,28)(H2,24,26,27,30). The first-order valence-electron chi connectivity index (χ1n) is 10.5. The van der Waals surface area contributed by atoms with E-state index in [4.69, 9.17) is 17.0 Å². The fourth-order valence-corrected chi connectivity index (χ4v) is 4.08. The van der Waals surface area contributed by atoms with Gasteiger partial charge in [0, 0.05) is 6.42 Å². The number of hydrogen-bond acceptors (Lipinski definition) is 4. The Balaban J connectivity index is 1.66. The molecule has 1 saturated carbocycles. The molecule has 1 aliphatic rings. The molecule has 3 N–H and O–H groups in total. The molecule has 0 aromatic heterocycles. The quantitative estimate of drug-likeness (QED) is 0.398. The van der Waals surface area contributed by atoms with Gasteiger partial charge in [0.15, 0.2) is 11.7 Å². The van der Waals surface area contributed by atoms with E-state index >= 15 is 0 Å². The molecular formula is C22H32BrN3O3S. The third kappa shape index (κ3) is 8.60. The lowest BCUT2D eigenvalue weighted by molar-refractivity contribution is -0.124. The number of hydrazine groups is 1. The monoisotopic (exact) mass is 497 g/mol. The first-order valence-corrected chi connectivity index (χ1v) is 11.7. The van der Waals surface area contributed by atoms with E-state index in [2.05, 4.69) is 52.9 Å². The minimum Gasteiger partial charge on any atom is -0.483 e. The Labute approximate surface area is 193 Å². The van der Waals surface area contributed by atoms with Crippen molar-refractivity contribution in [3.63, 3.8) is 0 Å². The normalized spacial score (nSPS) is 14.7. The fraction of sp³-hybridized carbons (Fsp3) is 0.591. The first-order chi connectivity index (χ1) is 14.1. The van der Waals surface area contributed by atoms with Crippen molar-refractivity contribution in [2.24, 2.45) is 5.92 Å². The third-order valence-corrected chi connectivity index (χ3v) is 6.05. The summed E-state index contributed by atoms with van der Waals surface area (Å²) in [6.07, 6.45) is 7.58. The molecule has 1 aliphatic carbocycles. The van der Waals surface area contributed by atoms with Crippen molar-refractivity contribution in [1.29, 1.82) is 0 Å². The Bertz CT molecular complexity index is 758. The van der Waals surface area contributed by atoms with Gasteiger partial charge in [0.2, 0.25) is 5.91 Å². The number of carbonyl (C=O) groups excluding carboxylic acids is 2. The molecule has 2 rings (SSSR count). The van der Waals surface area contributed by atoms with Crippen molar-refractivity contribution >= 4 is 45.1 Å². The number of rotatable bonds is 6. The largest absolute Gasteiger partial charge is 0.483 e. The molecule has 0 spiro atoms. The van der Waals surface area contributed by atoms with E-state index in [1.807, 2.05) is 18.2 Å². The van der Waals surface area contributed by atoms with Crippen LogP contribution in [-0.4, -0.2) is 23.5 Å². The molecule has 0 saturated heterocycles. The fourth-order valence-electron chi connectivity index (χ4n) is 3.42. The molecule has 0 heterocycles. The van der Waals surface area contributed by atoms with Gasteiger partial charge in [0.05, 0.1) is 4.47 Å². The van der Waals surface area contributed by atoms with Gasteiger partial charge in [-0.2, -0.15) is 0 Å². The van der Waals surface area contributed by atoms with Crippen molar-refractivity contribution in [2.75, 3.05) is 6.61 Å². The molecule has 0 unspecified atom stereocenters. The SMILES string of the molecule is CC(C)(C)c1ccc(OCC(=O)NNC(=S)NC(=O)CCC2CCCCC2)c(Br)c1. The van der Waals surface area contributed by atoms with Gasteiger partial charge in [-0.1, -0.05) is 58.9 Å². The Hall–Kier alpha value is -1.67. The molecular weight excluding hydrogens is 466 g/mol. The summed E-state index contributed by atoms with van der Waals surface area (Å²) < 4.78 is 6.34. The van der Waals surface area contributed by atoms with Gasteiger partial charge in [0.1, 0.15) is 5.75 Å². The zero-order valence-corrected chi connectivity index (χ0v) is 20.4. The third-order valence-electron chi connectivity index (χ3n) is 5.23. The van der Waals surface area contributed by atoms with E-state index in [-0.39, 0.29) is 23.0 Å². The van der Waals surface area contributed by atoms with E-state index in [9.17, 15) is 9.59 Å². The van der Waals surface area contributed by atoms with Gasteiger partial charge in [0.25, 0.3) is 5.91 Å². The molecule has 2 amide bonds. The Morgan fingerprint density at radius 1 is 1.13 bits per heavy atom. The summed E-state index contributed by atoms with van der Waals surface area (Å²) in [6, 6.07) is 5.81. The van der Waals surface area contributed by atoms with Gasteiger partial charge in [-0.25, -0.2) is 0 Å². The summed E-state index contributed by atoms with van der Waals surface area (Å²) >= 11 is 8.54. The maximum Gasteiger partial charge on any atom is 0.276 e. The van der Waals surface area contributed by atoms with Crippen LogP contribution in [0.4, 0.5) is 0 Å². The first kappa shape index (κ1) is 24.6. The minimum atomic E-state index is -0.402. The second-order valence-electron chi connectivity index (χ2n) is 8.78. The number of hydrogen-bond donors (Lipinski definition) is 3. The van der Waals surface area contributed by atoms with Gasteiger partial charge in [-0.15, -0.1) is 0 Å². The van der Waals surface area contributed by atoms with Crippen LogP contribution >= 0.6 is 28.1 Å². The van der Waals surface area contributed by atoms with Crippen molar-refractivity contribution in [3.05, 3.63) is 28.2 Å². The number of carbonyl (C=O) groups is 2. The lowest BCUT2D eigenvalue weighted by Crippen LogP contribution is -2.49. The van der Waals surface area contributed by atoms with E-state index in [1.165, 1.54) is 32.1 Å². The van der Waals surface area contributed by atoms with Crippen LogP contribution in [0.25, 0.3) is 0 Å². The summed E-state index contributed by atoms with van der Waals surface area (Å²) in [5, 5.41) is 2.67. The molecule has 8 heteroatoms. The summed E-state index contributed by atoms with van der Waals surface area (Å²) in [7, 11) is 0. The molecule has 166 valence electrons. The highest BCUT2D eigenvalue weighted by molar-refractivity contribution is 9.10. The van der Waals surface area contributed by atoms with Crippen LogP contribution < -0.4 is 20.9 Å². The van der Waals surface area contributed by atoms with E-state index in [0.29, 0.717) is 18.1 Å². The van der Waals surface area contributed by atoms with E-state index in [1.54, 1.807) is 0 Å². The van der Waals surface area contributed by atoms with Gasteiger partial charge in [-0.05, 0) is 63.6 Å². The van der Waals surface area contributed by atoms with Crippen LogP contribution in [-0.2, 0) is 15.0 Å². The number of thiocarbonyl (C=S) groups is 1. The van der Waals surface area contributed by atoms with Crippen LogP contribution in [0.15, 0.2) is 22.7 Å². The molecule has 0 aliphatic heterocycles. The zero-order chi connectivity index (χ0) is 22.1. The summed E-state index contributed by atoms with van der Waals surface area (Å²) in [4.78, 5) is 24.0. The molecule has 30 heavy (non-hydrogen) atoms. The van der Waals surface area contributed by atoms with Gasteiger partial charge in [-0.3, -0.25) is 20.4 Å². The summed E-state index contributed by atoms with van der Waals surface area (Å²) in [5.41, 5.74) is 6.16. The molecule has 0 radical (unpaired) electrons. The molecule has 1 fully saturated rings. The van der Waals surface area contributed by atoms with Crippen molar-refractivity contribution in [1.82, 2.24) is 16.2 Å². The van der Waals surface area contributed by atoms with Crippen molar-refractivity contribution in [2.45, 2.75) is 71.1 Å². The second kappa shape index (κ2) is 11.6. The maximum atomic E-state index is 12.0. The van der Waals surface area contributed by atoms with Crippen LogP contribution in [0.5, 0.6) is 5.75 Å². The lowest BCUT2D eigenvalue weighted by Gasteiger charge is -2.21. The number of nitrogens with one attached hydrogen (secondary N) is 3. The second-order valence-corrected chi connectivity index (χ2v) is 10.0. The number of ether oxygens (including phenoxy) is 1. The molecule has 6 nitrogen and oxygen atoms in total. The number of amides is 2. The van der Waals surface area contributed by atoms with Gasteiger partial charge >= 0.3 is 0 Å². The number of halogens is 1. The smallest absolute Gasteiger partial charge is 0.276 e. The molecule has 0 bridgehead atoms. The van der Waals surface area contributed by atoms with Crippen LogP contribution in [0, 0.1) is 5.92 Å². The highest BCUT2D eigenvalue weighted by Crippen LogP contribution is 2.31. The molecule has 1 aromatic rings. The van der Waals surface area contributed by atoms with Crippen molar-refractivity contribution in [3.8, 4) is 5.75 Å². The number of benzene rings is 1. The highest BCUT2D eigenvalue weighted by atomic mass is 79.9. The van der Waals surface area contributed by atoms with Crippen LogP contribution in [0.1, 0.15) is 71.3 Å². The van der Waals surface area contributed by atoms with Gasteiger partial charge < -0.3 is 10.1 Å². The minimum absolute atomic E-state index is 0.0267. The Kier molecular flexibility index (Phi) is 9.55. The lowest BCUT2D eigenvalue weighted by atomic mass is 9.86. The average molecular weight is 498 g/mol. The van der Waals surface area contributed by atoms with Crippen LogP contribution in [0.3, 0.4) is 0 Å². The van der Waals surface area contributed by atoms with E-state index in [0.717, 1.165) is 16.5 Å².